The maximum atomic E-state index is 14.7. The Morgan fingerprint density at radius 2 is 2.19 bits per heavy atom. The molecule has 0 bridgehead atoms. The van der Waals surface area contributed by atoms with E-state index in [2.05, 4.69) is 5.32 Å². The fourth-order valence-electron chi connectivity index (χ4n) is 2.59. The molecular weight excluding hydrogens is 203 g/mol. The largest absolute Gasteiger partial charge is 0.350 e. The van der Waals surface area contributed by atoms with Crippen LogP contribution in [0, 0.1) is 0 Å². The number of hydrogen-bond donors (Lipinski definition) is 1. The molecule has 3 heteroatoms. The van der Waals surface area contributed by atoms with Crippen LogP contribution in [-0.4, -0.2) is 17.7 Å². The molecule has 1 unspecified atom stereocenters. The first-order valence-electron chi connectivity index (χ1n) is 5.65. The van der Waals surface area contributed by atoms with E-state index in [-0.39, 0.29) is 0 Å². The van der Waals surface area contributed by atoms with E-state index in [1.165, 1.54) is 0 Å². The molecule has 1 atom stereocenters. The summed E-state index contributed by atoms with van der Waals surface area (Å²) in [6.07, 6.45) is 2.50. The van der Waals surface area contributed by atoms with Gasteiger partial charge in [0, 0.05) is 36.3 Å². The van der Waals surface area contributed by atoms with E-state index >= 15 is 0 Å². The molecule has 2 heterocycles. The van der Waals surface area contributed by atoms with Crippen LogP contribution in [0.25, 0.3) is 10.9 Å². The predicted molar refractivity (Wildman–Crippen MR) is 63.2 cm³/mol. The van der Waals surface area contributed by atoms with E-state index in [1.54, 1.807) is 0 Å². The maximum Gasteiger partial charge on any atom is 0.151 e. The fraction of sp³-hybridized carbons (Fsp3) is 0.385. The van der Waals surface area contributed by atoms with Gasteiger partial charge in [0.2, 0.25) is 0 Å². The zero-order valence-corrected chi connectivity index (χ0v) is 9.33. The van der Waals surface area contributed by atoms with Crippen molar-refractivity contribution in [3.63, 3.8) is 0 Å². The average Bonchev–Trinajstić information content (AvgIpc) is 2.86. The minimum atomic E-state index is -1.19. The van der Waals surface area contributed by atoms with E-state index in [1.807, 2.05) is 42.1 Å². The Balaban J connectivity index is 2.24. The van der Waals surface area contributed by atoms with Gasteiger partial charge >= 0.3 is 0 Å². The van der Waals surface area contributed by atoms with Gasteiger partial charge in [-0.2, -0.15) is 0 Å². The van der Waals surface area contributed by atoms with Crippen LogP contribution in [-0.2, 0) is 12.7 Å². The van der Waals surface area contributed by atoms with Crippen molar-refractivity contribution in [2.24, 2.45) is 7.05 Å². The number of aryl methyl sites for hydroxylation is 1. The molecule has 1 fully saturated rings. The van der Waals surface area contributed by atoms with Gasteiger partial charge in [0.05, 0.1) is 0 Å². The molecule has 16 heavy (non-hydrogen) atoms. The Hall–Kier alpha value is -1.35. The van der Waals surface area contributed by atoms with E-state index in [0.29, 0.717) is 13.0 Å². The second kappa shape index (κ2) is 3.32. The fourth-order valence-corrected chi connectivity index (χ4v) is 2.59. The number of hydrogen-bond acceptors (Lipinski definition) is 1. The van der Waals surface area contributed by atoms with Crippen molar-refractivity contribution in [2.75, 3.05) is 13.1 Å². The molecule has 3 rings (SSSR count). The molecule has 0 radical (unpaired) electrons. The Bertz CT molecular complexity index is 524. The third-order valence-electron chi connectivity index (χ3n) is 3.48. The molecule has 1 N–H and O–H groups in total. The molecule has 0 amide bonds. The third kappa shape index (κ3) is 1.28. The molecule has 2 nitrogen and oxygen atoms in total. The number of nitrogens with one attached hydrogen (secondary N) is 1. The van der Waals surface area contributed by atoms with Crippen LogP contribution in [0.3, 0.4) is 0 Å². The zero-order valence-electron chi connectivity index (χ0n) is 9.33. The lowest BCUT2D eigenvalue weighted by Gasteiger charge is -2.17. The first kappa shape index (κ1) is 9.85. The van der Waals surface area contributed by atoms with Gasteiger partial charge in [-0.1, -0.05) is 18.2 Å². The van der Waals surface area contributed by atoms with E-state index in [9.17, 15) is 4.39 Å². The molecule has 1 saturated heterocycles. The summed E-state index contributed by atoms with van der Waals surface area (Å²) in [5.41, 5.74) is 0.734. The summed E-state index contributed by atoms with van der Waals surface area (Å²) in [5.74, 6) is 0. The molecule has 0 aliphatic carbocycles. The molecule has 0 spiro atoms. The van der Waals surface area contributed by atoms with Gasteiger partial charge in [0.15, 0.2) is 5.67 Å². The first-order valence-corrected chi connectivity index (χ1v) is 5.65. The molecule has 0 saturated carbocycles. The van der Waals surface area contributed by atoms with Crippen molar-refractivity contribution < 1.29 is 4.39 Å². The summed E-state index contributed by atoms with van der Waals surface area (Å²) in [5, 5.41) is 4.14. The lowest BCUT2D eigenvalue weighted by atomic mass is 9.94. The number of aromatic nitrogens is 1. The highest BCUT2D eigenvalue weighted by atomic mass is 19.1. The summed E-state index contributed by atoms with van der Waals surface area (Å²) < 4.78 is 16.7. The van der Waals surface area contributed by atoms with Gasteiger partial charge in [0.1, 0.15) is 0 Å². The van der Waals surface area contributed by atoms with Crippen molar-refractivity contribution in [1.82, 2.24) is 9.88 Å². The van der Waals surface area contributed by atoms with E-state index in [0.717, 1.165) is 23.0 Å². The average molecular weight is 218 g/mol. The first-order chi connectivity index (χ1) is 7.71. The van der Waals surface area contributed by atoms with Gasteiger partial charge in [-0.3, -0.25) is 0 Å². The van der Waals surface area contributed by atoms with Crippen LogP contribution in [0.4, 0.5) is 4.39 Å². The number of benzene rings is 1. The number of para-hydroxylation sites is 1. The van der Waals surface area contributed by atoms with Crippen LogP contribution in [0.1, 0.15) is 12.0 Å². The number of rotatable bonds is 1. The summed E-state index contributed by atoms with van der Waals surface area (Å²) in [6.45, 7) is 1.20. The zero-order chi connectivity index (χ0) is 11.2. The summed E-state index contributed by atoms with van der Waals surface area (Å²) in [4.78, 5) is 0. The lowest BCUT2D eigenvalue weighted by molar-refractivity contribution is 0.195. The Kier molecular flexibility index (Phi) is 2.04. The van der Waals surface area contributed by atoms with Crippen molar-refractivity contribution in [1.29, 1.82) is 0 Å². The highest BCUT2D eigenvalue weighted by Crippen LogP contribution is 2.37. The van der Waals surface area contributed by atoms with Crippen molar-refractivity contribution in [3.05, 3.63) is 36.0 Å². The topological polar surface area (TPSA) is 17.0 Å². The third-order valence-corrected chi connectivity index (χ3v) is 3.48. The monoisotopic (exact) mass is 218 g/mol. The van der Waals surface area contributed by atoms with Crippen LogP contribution >= 0.6 is 0 Å². The van der Waals surface area contributed by atoms with Crippen LogP contribution in [0.5, 0.6) is 0 Å². The van der Waals surface area contributed by atoms with Gasteiger partial charge in [-0.05, 0) is 19.0 Å². The Morgan fingerprint density at radius 1 is 1.38 bits per heavy atom. The van der Waals surface area contributed by atoms with Gasteiger partial charge < -0.3 is 9.88 Å². The lowest BCUT2D eigenvalue weighted by Crippen LogP contribution is -2.22. The minimum Gasteiger partial charge on any atom is -0.350 e. The van der Waals surface area contributed by atoms with Crippen molar-refractivity contribution in [2.45, 2.75) is 12.1 Å². The van der Waals surface area contributed by atoms with Gasteiger partial charge in [-0.15, -0.1) is 0 Å². The van der Waals surface area contributed by atoms with Crippen LogP contribution < -0.4 is 5.32 Å². The van der Waals surface area contributed by atoms with E-state index in [4.69, 9.17) is 0 Å². The molecule has 1 aromatic heterocycles. The quantitative estimate of drug-likeness (QED) is 0.777. The second-order valence-electron chi connectivity index (χ2n) is 4.56. The van der Waals surface area contributed by atoms with Crippen LogP contribution in [0.15, 0.2) is 30.5 Å². The van der Waals surface area contributed by atoms with Crippen LogP contribution in [0.2, 0.25) is 0 Å². The number of fused-ring (bicyclic) bond motifs is 1. The molecule has 1 aromatic carbocycles. The van der Waals surface area contributed by atoms with E-state index < -0.39 is 5.67 Å². The highest BCUT2D eigenvalue weighted by molar-refractivity contribution is 5.84. The smallest absolute Gasteiger partial charge is 0.151 e. The van der Waals surface area contributed by atoms with Gasteiger partial charge in [0.25, 0.3) is 0 Å². The highest BCUT2D eigenvalue weighted by Gasteiger charge is 2.37. The normalized spacial score (nSPS) is 25.4. The molecule has 84 valence electrons. The SMILES string of the molecule is Cn1cc(C2(F)CCNC2)c2ccccc21. The number of alkyl halides is 1. The number of halogens is 1. The minimum absolute atomic E-state index is 0.432. The van der Waals surface area contributed by atoms with Gasteiger partial charge in [-0.25, -0.2) is 4.39 Å². The predicted octanol–water partition coefficient (Wildman–Crippen LogP) is 2.34. The summed E-state index contributed by atoms with van der Waals surface area (Å²) in [7, 11) is 1.97. The molecule has 1 aliphatic rings. The molecule has 1 aliphatic heterocycles. The van der Waals surface area contributed by atoms with Crippen molar-refractivity contribution >= 4 is 10.9 Å². The molecule has 2 aromatic rings. The molecular formula is C13H15FN2. The Morgan fingerprint density at radius 3 is 2.94 bits per heavy atom. The summed E-state index contributed by atoms with van der Waals surface area (Å²) in [6, 6.07) is 8.00. The maximum absolute atomic E-state index is 14.7. The standard InChI is InChI=1S/C13H15FN2/c1-16-8-11(13(14)6-7-15-9-13)10-4-2-3-5-12(10)16/h2-5,8,15H,6-7,9H2,1H3. The van der Waals surface area contributed by atoms with Crippen molar-refractivity contribution in [3.8, 4) is 0 Å². The summed E-state index contributed by atoms with van der Waals surface area (Å²) >= 11 is 0. The second-order valence-corrected chi connectivity index (χ2v) is 4.56. The Labute approximate surface area is 94.1 Å². The number of nitrogens with zero attached hydrogens (tertiary/aromatic N) is 1.